The van der Waals surface area contributed by atoms with Crippen molar-refractivity contribution in [3.63, 3.8) is 0 Å². The molecule has 0 saturated heterocycles. The highest BCUT2D eigenvalue weighted by Crippen LogP contribution is 2.34. The second-order valence-electron chi connectivity index (χ2n) is 5.46. The standard InChI is InChI=1S/C14H27BrF3N/c1-4-7-13(10-15,8-5-2)11-19(9-6-3)12-14(16,17)18/h4-12H2,1-3H3. The molecule has 19 heavy (non-hydrogen) atoms. The monoisotopic (exact) mass is 345 g/mol. The summed E-state index contributed by atoms with van der Waals surface area (Å²) in [4.78, 5) is 1.58. The van der Waals surface area contributed by atoms with Crippen LogP contribution in [0.4, 0.5) is 13.2 Å². The average Bonchev–Trinajstić information content (AvgIpc) is 2.27. The fourth-order valence-electron chi connectivity index (χ4n) is 2.78. The first kappa shape index (κ1) is 19.2. The van der Waals surface area contributed by atoms with Gasteiger partial charge in [-0.3, -0.25) is 4.90 Å². The molecule has 0 radical (unpaired) electrons. The van der Waals surface area contributed by atoms with Crippen molar-refractivity contribution in [2.24, 2.45) is 5.41 Å². The lowest BCUT2D eigenvalue weighted by Gasteiger charge is -2.37. The largest absolute Gasteiger partial charge is 0.401 e. The Balaban J connectivity index is 4.80. The van der Waals surface area contributed by atoms with Crippen LogP contribution in [0.3, 0.4) is 0 Å². The minimum Gasteiger partial charge on any atom is -0.294 e. The van der Waals surface area contributed by atoms with Crippen molar-refractivity contribution < 1.29 is 13.2 Å². The minimum atomic E-state index is -4.11. The lowest BCUT2D eigenvalue weighted by atomic mass is 9.80. The molecule has 0 spiro atoms. The number of halogens is 4. The van der Waals surface area contributed by atoms with Gasteiger partial charge in [-0.2, -0.15) is 13.2 Å². The summed E-state index contributed by atoms with van der Waals surface area (Å²) < 4.78 is 37.9. The third kappa shape index (κ3) is 8.18. The number of hydrogen-bond acceptors (Lipinski definition) is 1. The summed E-state index contributed by atoms with van der Waals surface area (Å²) in [5.41, 5.74) is -0.0239. The van der Waals surface area contributed by atoms with Gasteiger partial charge in [-0.25, -0.2) is 0 Å². The van der Waals surface area contributed by atoms with Gasteiger partial charge in [0, 0.05) is 11.9 Å². The zero-order valence-corrected chi connectivity index (χ0v) is 13.9. The van der Waals surface area contributed by atoms with Crippen molar-refractivity contribution in [1.82, 2.24) is 4.90 Å². The van der Waals surface area contributed by atoms with Crippen LogP contribution in [-0.2, 0) is 0 Å². The van der Waals surface area contributed by atoms with E-state index in [2.05, 4.69) is 29.8 Å². The molecule has 0 aliphatic heterocycles. The van der Waals surface area contributed by atoms with Gasteiger partial charge in [0.1, 0.15) is 0 Å². The molecule has 0 heterocycles. The molecular weight excluding hydrogens is 319 g/mol. The van der Waals surface area contributed by atoms with E-state index < -0.39 is 12.7 Å². The van der Waals surface area contributed by atoms with E-state index >= 15 is 0 Å². The van der Waals surface area contributed by atoms with E-state index in [1.165, 1.54) is 0 Å². The van der Waals surface area contributed by atoms with E-state index in [0.29, 0.717) is 13.1 Å². The van der Waals surface area contributed by atoms with Crippen LogP contribution in [-0.4, -0.2) is 36.0 Å². The average molecular weight is 346 g/mol. The minimum absolute atomic E-state index is 0.0239. The molecule has 0 aromatic carbocycles. The maximum absolute atomic E-state index is 12.6. The molecule has 0 fully saturated rings. The van der Waals surface area contributed by atoms with E-state index in [0.717, 1.165) is 37.4 Å². The van der Waals surface area contributed by atoms with Gasteiger partial charge in [0.05, 0.1) is 6.54 Å². The first-order valence-corrected chi connectivity index (χ1v) is 8.29. The summed E-state index contributed by atoms with van der Waals surface area (Å²) in [6.07, 6.45) is 0.627. The molecule has 0 atom stereocenters. The number of rotatable bonds is 10. The van der Waals surface area contributed by atoms with E-state index in [9.17, 15) is 13.2 Å². The maximum Gasteiger partial charge on any atom is 0.401 e. The Bertz CT molecular complexity index is 225. The van der Waals surface area contributed by atoms with Crippen LogP contribution in [0.25, 0.3) is 0 Å². The predicted molar refractivity (Wildman–Crippen MR) is 78.8 cm³/mol. The fraction of sp³-hybridized carbons (Fsp3) is 1.00. The second kappa shape index (κ2) is 9.22. The van der Waals surface area contributed by atoms with Gasteiger partial charge in [-0.05, 0) is 31.2 Å². The van der Waals surface area contributed by atoms with Gasteiger partial charge in [-0.1, -0.05) is 49.5 Å². The first-order valence-electron chi connectivity index (χ1n) is 7.17. The van der Waals surface area contributed by atoms with Gasteiger partial charge in [-0.15, -0.1) is 0 Å². The van der Waals surface area contributed by atoms with Crippen LogP contribution in [0.1, 0.15) is 52.9 Å². The molecule has 0 aromatic rings. The molecule has 1 nitrogen and oxygen atoms in total. The molecule has 0 amide bonds. The quantitative estimate of drug-likeness (QED) is 0.489. The van der Waals surface area contributed by atoms with Crippen molar-refractivity contribution in [2.75, 3.05) is 25.0 Å². The molecule has 116 valence electrons. The third-order valence-electron chi connectivity index (χ3n) is 3.35. The molecule has 5 heteroatoms. The van der Waals surface area contributed by atoms with Gasteiger partial charge >= 0.3 is 6.18 Å². The van der Waals surface area contributed by atoms with Crippen molar-refractivity contribution in [1.29, 1.82) is 0 Å². The summed E-state index contributed by atoms with van der Waals surface area (Å²) in [5.74, 6) is 0. The zero-order chi connectivity index (χ0) is 14.9. The van der Waals surface area contributed by atoms with Crippen molar-refractivity contribution in [3.8, 4) is 0 Å². The van der Waals surface area contributed by atoms with Crippen LogP contribution in [0.5, 0.6) is 0 Å². The normalized spacial score (nSPS) is 13.3. The van der Waals surface area contributed by atoms with Crippen LogP contribution < -0.4 is 0 Å². The number of nitrogens with zero attached hydrogens (tertiary/aromatic N) is 1. The summed E-state index contributed by atoms with van der Waals surface area (Å²) in [7, 11) is 0. The molecule has 0 rings (SSSR count). The Morgan fingerprint density at radius 2 is 1.42 bits per heavy atom. The lowest BCUT2D eigenvalue weighted by Crippen LogP contribution is -2.43. The Kier molecular flexibility index (Phi) is 9.33. The first-order chi connectivity index (χ1) is 8.82. The van der Waals surface area contributed by atoms with Crippen LogP contribution >= 0.6 is 15.9 Å². The molecule has 0 aromatic heterocycles. The van der Waals surface area contributed by atoms with E-state index in [-0.39, 0.29) is 5.41 Å². The lowest BCUT2D eigenvalue weighted by molar-refractivity contribution is -0.149. The summed E-state index contributed by atoms with van der Waals surface area (Å²) >= 11 is 3.53. The summed E-state index contributed by atoms with van der Waals surface area (Å²) in [5, 5.41) is 0.778. The Labute approximate surface area is 124 Å². The molecule has 0 aliphatic rings. The molecule has 0 saturated carbocycles. The van der Waals surface area contributed by atoms with Crippen LogP contribution in [0, 0.1) is 5.41 Å². The van der Waals surface area contributed by atoms with Crippen molar-refractivity contribution in [3.05, 3.63) is 0 Å². The van der Waals surface area contributed by atoms with E-state index in [1.807, 2.05) is 6.92 Å². The van der Waals surface area contributed by atoms with Crippen molar-refractivity contribution >= 4 is 15.9 Å². The smallest absolute Gasteiger partial charge is 0.294 e. The highest BCUT2D eigenvalue weighted by molar-refractivity contribution is 9.09. The van der Waals surface area contributed by atoms with Gasteiger partial charge in [0.15, 0.2) is 0 Å². The molecular formula is C14H27BrF3N. The van der Waals surface area contributed by atoms with E-state index in [1.54, 1.807) is 4.90 Å². The van der Waals surface area contributed by atoms with E-state index in [4.69, 9.17) is 0 Å². The summed E-state index contributed by atoms with van der Waals surface area (Å²) in [6.45, 7) is 6.39. The zero-order valence-electron chi connectivity index (χ0n) is 12.3. The Morgan fingerprint density at radius 1 is 0.895 bits per heavy atom. The van der Waals surface area contributed by atoms with Gasteiger partial charge in [0.25, 0.3) is 0 Å². The van der Waals surface area contributed by atoms with Crippen LogP contribution in [0.2, 0.25) is 0 Å². The van der Waals surface area contributed by atoms with Gasteiger partial charge < -0.3 is 0 Å². The second-order valence-corrected chi connectivity index (χ2v) is 6.02. The highest BCUT2D eigenvalue weighted by atomic mass is 79.9. The third-order valence-corrected chi connectivity index (χ3v) is 4.54. The van der Waals surface area contributed by atoms with Gasteiger partial charge in [0.2, 0.25) is 0 Å². The molecule has 0 N–H and O–H groups in total. The summed E-state index contributed by atoms with van der Waals surface area (Å²) in [6, 6.07) is 0. The number of alkyl halides is 4. The molecule has 0 bridgehead atoms. The SMILES string of the molecule is CCCN(CC(F)(F)F)CC(CBr)(CCC)CCC. The molecule has 0 aliphatic carbocycles. The highest BCUT2D eigenvalue weighted by Gasteiger charge is 2.35. The van der Waals surface area contributed by atoms with Crippen LogP contribution in [0.15, 0.2) is 0 Å². The molecule has 0 unspecified atom stereocenters. The Morgan fingerprint density at radius 3 is 1.74 bits per heavy atom. The number of hydrogen-bond donors (Lipinski definition) is 0. The van der Waals surface area contributed by atoms with Crippen molar-refractivity contribution in [2.45, 2.75) is 59.1 Å². The predicted octanol–water partition coefficient (Wildman–Crippen LogP) is 5.24. The maximum atomic E-state index is 12.6. The topological polar surface area (TPSA) is 3.24 Å². The fourth-order valence-corrected chi connectivity index (χ4v) is 3.52. The Hall–Kier alpha value is 0.230.